The van der Waals surface area contributed by atoms with Gasteiger partial charge in [-0.15, -0.1) is 0 Å². The fourth-order valence-electron chi connectivity index (χ4n) is 3.04. The van der Waals surface area contributed by atoms with Crippen LogP contribution in [0.1, 0.15) is 24.5 Å². The van der Waals surface area contributed by atoms with Crippen molar-refractivity contribution in [2.24, 2.45) is 0 Å². The molecule has 5 nitrogen and oxygen atoms in total. The molecule has 21 heavy (non-hydrogen) atoms. The first kappa shape index (κ1) is 15.0. The molecular weight excluding hydrogens is 288 g/mol. The van der Waals surface area contributed by atoms with Crippen LogP contribution >= 0.6 is 11.3 Å². The summed E-state index contributed by atoms with van der Waals surface area (Å²) < 4.78 is 5.80. The summed E-state index contributed by atoms with van der Waals surface area (Å²) in [5.74, 6) is 0.173. The topological polar surface area (TPSA) is 53.0 Å². The molecule has 0 radical (unpaired) electrons. The Bertz CT molecular complexity index is 465. The van der Waals surface area contributed by atoms with Crippen LogP contribution in [0.5, 0.6) is 0 Å². The molecule has 3 heterocycles. The third kappa shape index (κ3) is 3.83. The first-order valence-electron chi connectivity index (χ1n) is 7.54. The lowest BCUT2D eigenvalue weighted by Gasteiger charge is -2.34. The lowest BCUT2D eigenvalue weighted by atomic mass is 10.1. The van der Waals surface area contributed by atoms with E-state index in [-0.39, 0.29) is 12.0 Å². The Morgan fingerprint density at radius 3 is 3.05 bits per heavy atom. The summed E-state index contributed by atoms with van der Waals surface area (Å²) in [5.41, 5.74) is 1.22. The number of nitrogens with zero attached hydrogens (tertiary/aromatic N) is 2. The van der Waals surface area contributed by atoms with E-state index in [0.717, 1.165) is 26.1 Å². The van der Waals surface area contributed by atoms with Crippen LogP contribution in [0.25, 0.3) is 0 Å². The van der Waals surface area contributed by atoms with Crippen LogP contribution in [0.4, 0.5) is 0 Å². The number of hydrogen-bond acceptors (Lipinski definition) is 5. The minimum Gasteiger partial charge on any atom is -0.390 e. The highest BCUT2D eigenvalue weighted by atomic mass is 32.1. The highest BCUT2D eigenvalue weighted by molar-refractivity contribution is 7.07. The van der Waals surface area contributed by atoms with Crippen LogP contribution in [0.2, 0.25) is 0 Å². The minimum atomic E-state index is -0.478. The number of aliphatic hydroxyl groups excluding tert-OH is 1. The van der Waals surface area contributed by atoms with Crippen molar-refractivity contribution in [3.05, 3.63) is 22.4 Å². The summed E-state index contributed by atoms with van der Waals surface area (Å²) >= 11 is 1.68. The quantitative estimate of drug-likeness (QED) is 0.885. The van der Waals surface area contributed by atoms with E-state index in [2.05, 4.69) is 21.7 Å². The van der Waals surface area contributed by atoms with Gasteiger partial charge in [-0.2, -0.15) is 11.3 Å². The van der Waals surface area contributed by atoms with Gasteiger partial charge in [0.15, 0.2) is 0 Å². The Balaban J connectivity index is 1.49. The van der Waals surface area contributed by atoms with Gasteiger partial charge >= 0.3 is 0 Å². The molecule has 0 saturated carbocycles. The van der Waals surface area contributed by atoms with Crippen molar-refractivity contribution in [3.8, 4) is 0 Å². The molecule has 116 valence electrons. The van der Waals surface area contributed by atoms with Gasteiger partial charge in [0, 0.05) is 39.1 Å². The molecular formula is C15H22N2O3S. The molecule has 6 heteroatoms. The molecule has 1 amide bonds. The number of carbonyl (C=O) groups is 1. The Morgan fingerprint density at radius 1 is 1.43 bits per heavy atom. The standard InChI is InChI=1S/C15H22N2O3S/c18-13(9-17-4-1-2-15(17)19)8-16-5-6-20-14(10-16)12-3-7-21-11-12/h3,7,11,13-14,18H,1-2,4-6,8-10H2. The van der Waals surface area contributed by atoms with Crippen molar-refractivity contribution in [3.63, 3.8) is 0 Å². The highest BCUT2D eigenvalue weighted by Crippen LogP contribution is 2.24. The molecule has 1 aromatic rings. The number of carbonyl (C=O) groups excluding carboxylic acids is 1. The lowest BCUT2D eigenvalue weighted by molar-refractivity contribution is -0.129. The molecule has 1 N–H and O–H groups in total. The molecule has 0 spiro atoms. The number of aliphatic hydroxyl groups is 1. The van der Waals surface area contributed by atoms with E-state index in [1.165, 1.54) is 5.56 Å². The third-order valence-electron chi connectivity index (χ3n) is 4.14. The van der Waals surface area contributed by atoms with Crippen LogP contribution in [0, 0.1) is 0 Å². The van der Waals surface area contributed by atoms with E-state index < -0.39 is 6.10 Å². The van der Waals surface area contributed by atoms with Crippen LogP contribution < -0.4 is 0 Å². The predicted molar refractivity (Wildman–Crippen MR) is 81.3 cm³/mol. The van der Waals surface area contributed by atoms with Crippen molar-refractivity contribution >= 4 is 17.2 Å². The number of ether oxygens (including phenoxy) is 1. The molecule has 0 bridgehead atoms. The maximum Gasteiger partial charge on any atom is 0.222 e. The summed E-state index contributed by atoms with van der Waals surface area (Å²) in [4.78, 5) is 15.6. The summed E-state index contributed by atoms with van der Waals surface area (Å²) in [7, 11) is 0. The van der Waals surface area contributed by atoms with Crippen LogP contribution in [-0.4, -0.2) is 66.2 Å². The van der Waals surface area contributed by atoms with Crippen molar-refractivity contribution in [1.82, 2.24) is 9.80 Å². The zero-order valence-electron chi connectivity index (χ0n) is 12.1. The zero-order chi connectivity index (χ0) is 14.7. The van der Waals surface area contributed by atoms with Crippen LogP contribution in [0.3, 0.4) is 0 Å². The van der Waals surface area contributed by atoms with Gasteiger partial charge in [0.1, 0.15) is 0 Å². The number of amides is 1. The molecule has 2 saturated heterocycles. The van der Waals surface area contributed by atoms with E-state index in [1.54, 1.807) is 16.2 Å². The summed E-state index contributed by atoms with van der Waals surface area (Å²) in [6.07, 6.45) is 1.17. The van der Waals surface area contributed by atoms with Gasteiger partial charge < -0.3 is 14.7 Å². The van der Waals surface area contributed by atoms with Gasteiger partial charge in [-0.25, -0.2) is 0 Å². The van der Waals surface area contributed by atoms with Crippen LogP contribution in [-0.2, 0) is 9.53 Å². The van der Waals surface area contributed by atoms with Crippen molar-refractivity contribution in [2.45, 2.75) is 25.0 Å². The fourth-order valence-corrected chi connectivity index (χ4v) is 3.74. The second-order valence-corrected chi connectivity index (χ2v) is 6.55. The van der Waals surface area contributed by atoms with Gasteiger partial charge in [0.25, 0.3) is 0 Å². The molecule has 2 atom stereocenters. The van der Waals surface area contributed by atoms with E-state index >= 15 is 0 Å². The van der Waals surface area contributed by atoms with Crippen molar-refractivity contribution in [1.29, 1.82) is 0 Å². The maximum atomic E-state index is 11.6. The number of β-amino-alcohol motifs (C(OH)–C–C–N with tert-alkyl or cyclic N) is 1. The smallest absolute Gasteiger partial charge is 0.222 e. The summed E-state index contributed by atoms with van der Waals surface area (Å²) in [6.45, 7) is 4.19. The predicted octanol–water partition coefficient (Wildman–Crippen LogP) is 1.10. The molecule has 2 aliphatic heterocycles. The van der Waals surface area contributed by atoms with Gasteiger partial charge in [0.05, 0.1) is 18.8 Å². The Hall–Kier alpha value is -0.950. The lowest BCUT2D eigenvalue weighted by Crippen LogP contribution is -2.45. The number of rotatable bonds is 5. The number of thiophene rings is 1. The monoisotopic (exact) mass is 310 g/mol. The molecule has 2 unspecified atom stereocenters. The van der Waals surface area contributed by atoms with Crippen LogP contribution in [0.15, 0.2) is 16.8 Å². The molecule has 2 fully saturated rings. The molecule has 3 rings (SSSR count). The van der Waals surface area contributed by atoms with Gasteiger partial charge in [-0.1, -0.05) is 0 Å². The van der Waals surface area contributed by atoms with Crippen molar-refractivity contribution < 1.29 is 14.6 Å². The van der Waals surface area contributed by atoms with E-state index in [9.17, 15) is 9.90 Å². The fraction of sp³-hybridized carbons (Fsp3) is 0.667. The second-order valence-electron chi connectivity index (χ2n) is 5.77. The van der Waals surface area contributed by atoms with Gasteiger partial charge in [-0.05, 0) is 28.8 Å². The second kappa shape index (κ2) is 6.87. The Morgan fingerprint density at radius 2 is 2.33 bits per heavy atom. The number of likely N-dealkylation sites (tertiary alicyclic amines) is 1. The minimum absolute atomic E-state index is 0.102. The van der Waals surface area contributed by atoms with E-state index in [0.29, 0.717) is 26.1 Å². The first-order valence-corrected chi connectivity index (χ1v) is 8.48. The largest absolute Gasteiger partial charge is 0.390 e. The molecule has 0 aliphatic carbocycles. The van der Waals surface area contributed by atoms with Crippen molar-refractivity contribution in [2.75, 3.05) is 39.3 Å². The molecule has 2 aliphatic rings. The SMILES string of the molecule is O=C1CCCN1CC(O)CN1CCOC(c2ccsc2)C1. The summed E-state index contributed by atoms with van der Waals surface area (Å²) in [5, 5.41) is 14.4. The molecule has 1 aromatic heterocycles. The normalized spacial score (nSPS) is 25.5. The average molecular weight is 310 g/mol. The van der Waals surface area contributed by atoms with E-state index in [1.807, 2.05) is 0 Å². The maximum absolute atomic E-state index is 11.6. The van der Waals surface area contributed by atoms with E-state index in [4.69, 9.17) is 4.74 Å². The first-order chi connectivity index (χ1) is 10.2. The zero-order valence-corrected chi connectivity index (χ0v) is 12.9. The van der Waals surface area contributed by atoms with Gasteiger partial charge in [0.2, 0.25) is 5.91 Å². The third-order valence-corrected chi connectivity index (χ3v) is 4.84. The average Bonchev–Trinajstić information content (AvgIpc) is 3.12. The van der Waals surface area contributed by atoms with Gasteiger partial charge in [-0.3, -0.25) is 9.69 Å². The number of hydrogen-bond donors (Lipinski definition) is 1. The summed E-state index contributed by atoms with van der Waals surface area (Å²) in [6, 6.07) is 2.10. The number of morpholine rings is 1. The Kier molecular flexibility index (Phi) is 4.90. The highest BCUT2D eigenvalue weighted by Gasteiger charge is 2.26. The molecule has 0 aromatic carbocycles. The Labute approximate surface area is 129 Å².